The van der Waals surface area contributed by atoms with Gasteiger partial charge >= 0.3 is 0 Å². The van der Waals surface area contributed by atoms with E-state index in [0.29, 0.717) is 26.2 Å². The first-order chi connectivity index (χ1) is 13.1. The highest BCUT2D eigenvalue weighted by molar-refractivity contribution is 5.98. The van der Waals surface area contributed by atoms with E-state index < -0.39 is 0 Å². The summed E-state index contributed by atoms with van der Waals surface area (Å²) in [4.78, 5) is 21.0. The number of phenols is 1. The van der Waals surface area contributed by atoms with E-state index >= 15 is 0 Å². The van der Waals surface area contributed by atoms with Crippen LogP contribution in [0.3, 0.4) is 0 Å². The summed E-state index contributed by atoms with van der Waals surface area (Å²) in [5, 5.41) is 16.8. The second-order valence-corrected chi connectivity index (χ2v) is 6.49. The second-order valence-electron chi connectivity index (χ2n) is 6.49. The molecular formula is C19H26N6O2. The molecule has 2 N–H and O–H groups in total. The number of piperazine rings is 1. The Labute approximate surface area is 159 Å². The van der Waals surface area contributed by atoms with Crippen LogP contribution < -0.4 is 10.2 Å². The number of amides is 1. The molecule has 144 valence electrons. The van der Waals surface area contributed by atoms with Crippen molar-refractivity contribution in [3.8, 4) is 5.75 Å². The first-order valence-corrected chi connectivity index (χ1v) is 9.17. The van der Waals surface area contributed by atoms with Gasteiger partial charge in [0.15, 0.2) is 5.96 Å². The van der Waals surface area contributed by atoms with E-state index in [1.54, 1.807) is 27.9 Å². The number of nitrogens with zero attached hydrogens (tertiary/aromatic N) is 5. The topological polar surface area (TPSA) is 86.0 Å². The average Bonchev–Trinajstić information content (AvgIpc) is 3.08. The molecule has 3 rings (SSSR count). The SMILES string of the molecule is CCNC(=NCCc1ccc(O)cc1)N1CCN(c2cnn(C)c2)C(=O)C1. The van der Waals surface area contributed by atoms with Crippen molar-refractivity contribution in [2.24, 2.45) is 12.0 Å². The molecule has 0 bridgehead atoms. The van der Waals surface area contributed by atoms with Gasteiger partial charge in [0.05, 0.1) is 11.9 Å². The summed E-state index contributed by atoms with van der Waals surface area (Å²) in [6.07, 6.45) is 4.34. The molecule has 1 aliphatic heterocycles. The number of anilines is 1. The first-order valence-electron chi connectivity index (χ1n) is 9.17. The largest absolute Gasteiger partial charge is 0.508 e. The Kier molecular flexibility index (Phi) is 5.95. The van der Waals surface area contributed by atoms with E-state index in [-0.39, 0.29) is 11.7 Å². The normalized spacial score (nSPS) is 15.3. The van der Waals surface area contributed by atoms with Crippen LogP contribution in [0.4, 0.5) is 5.69 Å². The van der Waals surface area contributed by atoms with Gasteiger partial charge in [-0.2, -0.15) is 5.10 Å². The molecule has 8 heteroatoms. The van der Waals surface area contributed by atoms with Crippen LogP contribution in [-0.2, 0) is 18.3 Å². The molecule has 0 unspecified atom stereocenters. The number of rotatable bonds is 5. The van der Waals surface area contributed by atoms with Crippen molar-refractivity contribution in [3.63, 3.8) is 0 Å². The monoisotopic (exact) mass is 370 g/mol. The van der Waals surface area contributed by atoms with Crippen molar-refractivity contribution in [1.82, 2.24) is 20.0 Å². The lowest BCUT2D eigenvalue weighted by Gasteiger charge is -2.35. The maximum atomic E-state index is 12.6. The molecule has 1 saturated heterocycles. The van der Waals surface area contributed by atoms with Gasteiger partial charge in [-0.15, -0.1) is 0 Å². The van der Waals surface area contributed by atoms with Gasteiger partial charge in [0.2, 0.25) is 5.91 Å². The van der Waals surface area contributed by atoms with Gasteiger partial charge < -0.3 is 20.2 Å². The van der Waals surface area contributed by atoms with Crippen LogP contribution in [0.2, 0.25) is 0 Å². The number of guanidine groups is 1. The fourth-order valence-corrected chi connectivity index (χ4v) is 3.05. The predicted octanol–water partition coefficient (Wildman–Crippen LogP) is 0.982. The molecular weight excluding hydrogens is 344 g/mol. The Balaban J connectivity index is 1.61. The van der Waals surface area contributed by atoms with Crippen LogP contribution in [0, 0.1) is 0 Å². The number of hydrogen-bond acceptors (Lipinski definition) is 4. The Hall–Kier alpha value is -3.03. The molecule has 0 atom stereocenters. The van der Waals surface area contributed by atoms with Gasteiger partial charge in [-0.25, -0.2) is 0 Å². The third kappa shape index (κ3) is 4.78. The molecule has 27 heavy (non-hydrogen) atoms. The Morgan fingerprint density at radius 2 is 2.07 bits per heavy atom. The third-order valence-corrected chi connectivity index (χ3v) is 4.46. The first kappa shape index (κ1) is 18.8. The minimum atomic E-state index is 0.0402. The minimum absolute atomic E-state index is 0.0402. The fraction of sp³-hybridized carbons (Fsp3) is 0.421. The molecule has 2 heterocycles. The lowest BCUT2D eigenvalue weighted by atomic mass is 10.1. The van der Waals surface area contributed by atoms with Gasteiger partial charge in [-0.05, 0) is 31.0 Å². The fourth-order valence-electron chi connectivity index (χ4n) is 3.05. The quantitative estimate of drug-likeness (QED) is 0.605. The van der Waals surface area contributed by atoms with Gasteiger partial charge in [0.1, 0.15) is 12.3 Å². The maximum Gasteiger partial charge on any atom is 0.246 e. The van der Waals surface area contributed by atoms with Crippen molar-refractivity contribution in [2.45, 2.75) is 13.3 Å². The summed E-state index contributed by atoms with van der Waals surface area (Å²) in [7, 11) is 1.84. The molecule has 0 aliphatic carbocycles. The second kappa shape index (κ2) is 8.57. The lowest BCUT2D eigenvalue weighted by molar-refractivity contribution is -0.120. The molecule has 0 saturated carbocycles. The van der Waals surface area contributed by atoms with Crippen molar-refractivity contribution < 1.29 is 9.90 Å². The number of aryl methyl sites for hydroxylation is 1. The van der Waals surface area contributed by atoms with E-state index in [9.17, 15) is 9.90 Å². The van der Waals surface area contributed by atoms with Crippen molar-refractivity contribution in [1.29, 1.82) is 0 Å². The molecule has 1 fully saturated rings. The number of hydrogen-bond donors (Lipinski definition) is 2. The summed E-state index contributed by atoms with van der Waals surface area (Å²) in [5.41, 5.74) is 1.95. The van der Waals surface area contributed by atoms with Gasteiger partial charge in [-0.1, -0.05) is 12.1 Å². The maximum absolute atomic E-state index is 12.6. The summed E-state index contributed by atoms with van der Waals surface area (Å²) >= 11 is 0. The summed E-state index contributed by atoms with van der Waals surface area (Å²) < 4.78 is 1.70. The molecule has 1 aliphatic rings. The molecule has 1 aromatic carbocycles. The smallest absolute Gasteiger partial charge is 0.246 e. The van der Waals surface area contributed by atoms with E-state index in [4.69, 9.17) is 0 Å². The van der Waals surface area contributed by atoms with Crippen LogP contribution in [0.5, 0.6) is 5.75 Å². The van der Waals surface area contributed by atoms with Crippen LogP contribution in [-0.4, -0.2) is 64.4 Å². The number of phenolic OH excluding ortho intramolecular Hbond substituents is 1. The Morgan fingerprint density at radius 3 is 2.70 bits per heavy atom. The predicted molar refractivity (Wildman–Crippen MR) is 105 cm³/mol. The molecule has 0 spiro atoms. The summed E-state index contributed by atoms with van der Waals surface area (Å²) in [6.45, 7) is 4.99. The van der Waals surface area contributed by atoms with Gasteiger partial charge in [0, 0.05) is 39.4 Å². The standard InChI is InChI=1S/C19H26N6O2/c1-3-20-19(21-9-8-15-4-6-17(26)7-5-15)24-10-11-25(18(27)14-24)16-12-22-23(2)13-16/h4-7,12-13,26H,3,8-11,14H2,1-2H3,(H,20,21). The van der Waals surface area contributed by atoms with Gasteiger partial charge in [0.25, 0.3) is 0 Å². The molecule has 1 amide bonds. The number of benzene rings is 1. The van der Waals surface area contributed by atoms with Crippen LogP contribution >= 0.6 is 0 Å². The van der Waals surface area contributed by atoms with Crippen molar-refractivity contribution in [3.05, 3.63) is 42.2 Å². The number of carbonyl (C=O) groups excluding carboxylic acids is 1. The number of nitrogens with one attached hydrogen (secondary N) is 1. The Morgan fingerprint density at radius 1 is 1.30 bits per heavy atom. The number of carbonyl (C=O) groups is 1. The zero-order valence-electron chi connectivity index (χ0n) is 15.8. The summed E-state index contributed by atoms with van der Waals surface area (Å²) in [6, 6.07) is 7.16. The number of aromatic hydroxyl groups is 1. The molecule has 2 aromatic rings. The highest BCUT2D eigenvalue weighted by atomic mass is 16.3. The minimum Gasteiger partial charge on any atom is -0.508 e. The highest BCUT2D eigenvalue weighted by Crippen LogP contribution is 2.16. The number of aromatic nitrogens is 2. The van der Waals surface area contributed by atoms with Crippen molar-refractivity contribution in [2.75, 3.05) is 37.6 Å². The zero-order chi connectivity index (χ0) is 19.2. The highest BCUT2D eigenvalue weighted by Gasteiger charge is 2.27. The Bertz CT molecular complexity index is 799. The molecule has 8 nitrogen and oxygen atoms in total. The van der Waals surface area contributed by atoms with Crippen molar-refractivity contribution >= 4 is 17.6 Å². The third-order valence-electron chi connectivity index (χ3n) is 4.46. The number of aliphatic imine (C=N–C) groups is 1. The van der Waals surface area contributed by atoms with Gasteiger partial charge in [-0.3, -0.25) is 14.5 Å². The molecule has 0 radical (unpaired) electrons. The van der Waals surface area contributed by atoms with Crippen LogP contribution in [0.1, 0.15) is 12.5 Å². The van der Waals surface area contributed by atoms with Crippen LogP contribution in [0.15, 0.2) is 41.7 Å². The average molecular weight is 370 g/mol. The van der Waals surface area contributed by atoms with E-state index in [2.05, 4.69) is 15.4 Å². The van der Waals surface area contributed by atoms with E-state index in [1.165, 1.54) is 0 Å². The molecule has 1 aromatic heterocycles. The summed E-state index contributed by atoms with van der Waals surface area (Å²) in [5.74, 6) is 1.06. The zero-order valence-corrected chi connectivity index (χ0v) is 15.8. The van der Waals surface area contributed by atoms with E-state index in [0.717, 1.165) is 30.2 Å². The van der Waals surface area contributed by atoms with Crippen LogP contribution in [0.25, 0.3) is 0 Å². The lowest BCUT2D eigenvalue weighted by Crippen LogP contribution is -2.55. The van der Waals surface area contributed by atoms with E-state index in [1.807, 2.05) is 37.2 Å².